The molecule has 3 amide bonds. The Bertz CT molecular complexity index is 1380. The molecule has 3 N–H and O–H groups in total. The number of nitrogens with zero attached hydrogens (tertiary/aromatic N) is 3. The summed E-state index contributed by atoms with van der Waals surface area (Å²) in [4.78, 5) is 54.5. The van der Waals surface area contributed by atoms with Gasteiger partial charge in [-0.25, -0.2) is 9.37 Å². The third kappa shape index (κ3) is 5.70. The van der Waals surface area contributed by atoms with E-state index in [4.69, 9.17) is 0 Å². The van der Waals surface area contributed by atoms with Crippen LogP contribution < -0.4 is 10.6 Å². The summed E-state index contributed by atoms with van der Waals surface area (Å²) >= 11 is 0. The van der Waals surface area contributed by atoms with Gasteiger partial charge >= 0.3 is 0 Å². The number of nitro benzene ring substituents is 1. The summed E-state index contributed by atoms with van der Waals surface area (Å²) in [6.45, 7) is 1.04. The second-order valence-electron chi connectivity index (χ2n) is 8.71. The van der Waals surface area contributed by atoms with Crippen LogP contribution in [0.15, 0.2) is 54.6 Å². The highest BCUT2D eigenvalue weighted by Crippen LogP contribution is 2.26. The van der Waals surface area contributed by atoms with Crippen LogP contribution in [0.2, 0.25) is 0 Å². The number of likely N-dealkylation sites (tertiary alicyclic amines) is 1. The van der Waals surface area contributed by atoms with Crippen molar-refractivity contribution in [1.82, 2.24) is 20.5 Å². The van der Waals surface area contributed by atoms with Gasteiger partial charge in [0.2, 0.25) is 11.8 Å². The number of benzene rings is 2. The molecule has 37 heavy (non-hydrogen) atoms. The van der Waals surface area contributed by atoms with Crippen LogP contribution in [0, 0.1) is 15.9 Å². The number of amides is 3. The van der Waals surface area contributed by atoms with E-state index in [9.17, 15) is 34.0 Å². The maximum Gasteiger partial charge on any atom is 0.274 e. The number of nitro groups is 1. The Morgan fingerprint density at radius 1 is 1.22 bits per heavy atom. The summed E-state index contributed by atoms with van der Waals surface area (Å²) in [5.74, 6) is -2.23. The third-order valence-corrected chi connectivity index (χ3v) is 6.14. The molecule has 192 valence electrons. The second-order valence-corrected chi connectivity index (χ2v) is 8.71. The highest BCUT2D eigenvalue weighted by Gasteiger charge is 2.39. The van der Waals surface area contributed by atoms with E-state index in [1.165, 1.54) is 53.4 Å². The number of β-amino-alcohol motifs (C(OH)–C–C–N with tert-alkyl or cyclic N) is 1. The quantitative estimate of drug-likeness (QED) is 0.324. The van der Waals surface area contributed by atoms with Gasteiger partial charge in [-0.3, -0.25) is 24.5 Å². The maximum absolute atomic E-state index is 13.4. The van der Waals surface area contributed by atoms with E-state index in [1.54, 1.807) is 13.0 Å². The van der Waals surface area contributed by atoms with Crippen molar-refractivity contribution >= 4 is 34.3 Å². The molecule has 1 aliphatic heterocycles. The molecule has 0 spiro atoms. The minimum Gasteiger partial charge on any atom is -0.391 e. The van der Waals surface area contributed by atoms with E-state index in [0.29, 0.717) is 16.5 Å². The van der Waals surface area contributed by atoms with Crippen LogP contribution in [-0.2, 0) is 9.59 Å². The first-order valence-electron chi connectivity index (χ1n) is 11.5. The average molecular weight is 509 g/mol. The van der Waals surface area contributed by atoms with Crippen molar-refractivity contribution in [1.29, 1.82) is 0 Å². The minimum atomic E-state index is -1.02. The topological polar surface area (TPSA) is 155 Å². The predicted octanol–water partition coefficient (Wildman–Crippen LogP) is 1.85. The number of carbonyl (C=O) groups excluding carboxylic acids is 3. The van der Waals surface area contributed by atoms with Gasteiger partial charge in [-0.2, -0.15) is 0 Å². The van der Waals surface area contributed by atoms with E-state index in [1.807, 2.05) is 0 Å². The lowest BCUT2D eigenvalue weighted by atomic mass is 10.1. The van der Waals surface area contributed by atoms with E-state index >= 15 is 0 Å². The van der Waals surface area contributed by atoms with Gasteiger partial charge in [-0.1, -0.05) is 24.3 Å². The van der Waals surface area contributed by atoms with Crippen LogP contribution in [0.5, 0.6) is 0 Å². The Balaban J connectivity index is 1.40. The smallest absolute Gasteiger partial charge is 0.274 e. The molecule has 1 aromatic heterocycles. The molecule has 3 atom stereocenters. The molecule has 12 heteroatoms. The fourth-order valence-corrected chi connectivity index (χ4v) is 4.32. The Morgan fingerprint density at radius 2 is 1.97 bits per heavy atom. The van der Waals surface area contributed by atoms with E-state index in [0.717, 1.165) is 0 Å². The van der Waals surface area contributed by atoms with Gasteiger partial charge in [0.05, 0.1) is 34.7 Å². The molecule has 1 fully saturated rings. The van der Waals surface area contributed by atoms with Crippen molar-refractivity contribution in [3.63, 3.8) is 0 Å². The van der Waals surface area contributed by atoms with Gasteiger partial charge in [0.15, 0.2) is 0 Å². The summed E-state index contributed by atoms with van der Waals surface area (Å²) in [6.07, 6.45) is -0.961. The van der Waals surface area contributed by atoms with Gasteiger partial charge in [-0.05, 0) is 31.2 Å². The monoisotopic (exact) mass is 509 g/mol. The molecule has 1 saturated heterocycles. The largest absolute Gasteiger partial charge is 0.391 e. The molecule has 11 nitrogen and oxygen atoms in total. The zero-order valence-electron chi connectivity index (χ0n) is 19.8. The first kappa shape index (κ1) is 25.6. The first-order valence-corrected chi connectivity index (χ1v) is 11.5. The number of para-hydroxylation sites is 1. The molecule has 4 rings (SSSR count). The molecule has 0 bridgehead atoms. The summed E-state index contributed by atoms with van der Waals surface area (Å²) in [5, 5.41) is 27.1. The fraction of sp³-hybridized carbons (Fsp3) is 0.280. The summed E-state index contributed by atoms with van der Waals surface area (Å²) < 4.78 is 13.4. The molecule has 0 saturated carbocycles. The normalized spacial score (nSPS) is 17.9. The Labute approximate surface area is 210 Å². The molecular formula is C25H24FN5O6. The van der Waals surface area contributed by atoms with Gasteiger partial charge in [0.1, 0.15) is 17.6 Å². The van der Waals surface area contributed by atoms with Crippen LogP contribution in [0.4, 0.5) is 10.1 Å². The van der Waals surface area contributed by atoms with Crippen molar-refractivity contribution in [2.24, 2.45) is 0 Å². The van der Waals surface area contributed by atoms with Crippen LogP contribution in [0.25, 0.3) is 10.9 Å². The number of rotatable bonds is 7. The lowest BCUT2D eigenvalue weighted by molar-refractivity contribution is -0.385. The van der Waals surface area contributed by atoms with Gasteiger partial charge in [0, 0.05) is 24.4 Å². The van der Waals surface area contributed by atoms with Crippen molar-refractivity contribution in [2.75, 3.05) is 13.1 Å². The molecule has 1 aliphatic rings. The summed E-state index contributed by atoms with van der Waals surface area (Å²) in [6, 6.07) is 11.1. The Kier molecular flexibility index (Phi) is 7.39. The number of hydrogen-bond donors (Lipinski definition) is 3. The SMILES string of the molecule is C[C@H](NC(=O)[C@@H]1C[C@@H](O)CN1C(=O)CNC(=O)c1ccc2cc(F)ccc2n1)c1ccccc1[N+](=O)[O-]. The molecular weight excluding hydrogens is 485 g/mol. The Hall–Kier alpha value is -4.45. The number of aliphatic hydroxyl groups is 1. The number of carbonyl (C=O) groups is 3. The molecule has 0 radical (unpaired) electrons. The van der Waals surface area contributed by atoms with Crippen molar-refractivity contribution < 1.29 is 28.8 Å². The lowest BCUT2D eigenvalue weighted by Gasteiger charge is -2.25. The molecule has 0 unspecified atom stereocenters. The van der Waals surface area contributed by atoms with Gasteiger partial charge < -0.3 is 20.6 Å². The number of aromatic nitrogens is 1. The molecule has 3 aromatic rings. The Morgan fingerprint density at radius 3 is 2.73 bits per heavy atom. The van der Waals surface area contributed by atoms with Crippen LogP contribution in [-0.4, -0.2) is 62.9 Å². The molecule has 0 aliphatic carbocycles. The summed E-state index contributed by atoms with van der Waals surface area (Å²) in [7, 11) is 0. The minimum absolute atomic E-state index is 0.0160. The number of pyridine rings is 1. The highest BCUT2D eigenvalue weighted by molar-refractivity contribution is 5.97. The van der Waals surface area contributed by atoms with Crippen molar-refractivity contribution in [3.8, 4) is 0 Å². The number of hydrogen-bond acceptors (Lipinski definition) is 7. The number of aliphatic hydroxyl groups excluding tert-OH is 1. The fourth-order valence-electron chi connectivity index (χ4n) is 4.32. The van der Waals surface area contributed by atoms with Crippen LogP contribution in [0.1, 0.15) is 35.4 Å². The summed E-state index contributed by atoms with van der Waals surface area (Å²) in [5.41, 5.74) is 0.591. The number of nitrogens with one attached hydrogen (secondary N) is 2. The predicted molar refractivity (Wildman–Crippen MR) is 130 cm³/mol. The maximum atomic E-state index is 13.4. The first-order chi connectivity index (χ1) is 17.6. The van der Waals surface area contributed by atoms with Crippen molar-refractivity contribution in [2.45, 2.75) is 31.5 Å². The zero-order chi connectivity index (χ0) is 26.7. The highest BCUT2D eigenvalue weighted by atomic mass is 19.1. The molecule has 2 heterocycles. The van der Waals surface area contributed by atoms with Crippen LogP contribution >= 0.6 is 0 Å². The standard InChI is InChI=1S/C25H24FN5O6/c1-14(18-4-2-3-5-21(18)31(36)37)28-25(35)22-11-17(32)13-30(22)23(33)12-27-24(34)20-8-6-15-10-16(26)7-9-19(15)29-20/h2-10,14,17,22,32H,11-13H2,1H3,(H,27,34)(H,28,35)/t14-,17+,22-/m0/s1. The zero-order valence-corrected chi connectivity index (χ0v) is 19.8. The third-order valence-electron chi connectivity index (χ3n) is 6.14. The van der Waals surface area contributed by atoms with Gasteiger partial charge in [0.25, 0.3) is 11.6 Å². The average Bonchev–Trinajstić information content (AvgIpc) is 3.28. The number of fused-ring (bicyclic) bond motifs is 1. The second kappa shape index (κ2) is 10.7. The van der Waals surface area contributed by atoms with Crippen LogP contribution in [0.3, 0.4) is 0 Å². The lowest BCUT2D eigenvalue weighted by Crippen LogP contribution is -2.49. The van der Waals surface area contributed by atoms with E-state index in [2.05, 4.69) is 15.6 Å². The van der Waals surface area contributed by atoms with Gasteiger partial charge in [-0.15, -0.1) is 0 Å². The number of halogens is 1. The molecule has 2 aromatic carbocycles. The van der Waals surface area contributed by atoms with E-state index in [-0.39, 0.29) is 24.3 Å². The van der Waals surface area contributed by atoms with Crippen molar-refractivity contribution in [3.05, 3.63) is 81.8 Å². The van der Waals surface area contributed by atoms with E-state index < -0.39 is 53.2 Å².